The number of esters is 1. The summed E-state index contributed by atoms with van der Waals surface area (Å²) in [5.74, 6) is -0.207. The Morgan fingerprint density at radius 1 is 1.22 bits per heavy atom. The van der Waals surface area contributed by atoms with Crippen LogP contribution in [0.2, 0.25) is 0 Å². The van der Waals surface area contributed by atoms with Gasteiger partial charge in [0.2, 0.25) is 0 Å². The topological polar surface area (TPSA) is 32.8 Å². The van der Waals surface area contributed by atoms with Gasteiger partial charge in [0.25, 0.3) is 0 Å². The second-order valence-corrected chi connectivity index (χ2v) is 4.62. The Bertz CT molecular complexity index is 263. The summed E-state index contributed by atoms with van der Waals surface area (Å²) in [4.78, 5) is 16.0. The predicted octanol–water partition coefficient (Wildman–Crippen LogP) is 1.77. The first-order chi connectivity index (χ1) is 8.54. The van der Waals surface area contributed by atoms with Crippen LogP contribution < -0.4 is 0 Å². The molecule has 0 aromatic rings. The number of carbonyl (C=O) groups is 1. The number of hydrogen-bond donors (Lipinski definition) is 0. The normalized spacial score (nSPS) is 12.3. The van der Waals surface area contributed by atoms with Gasteiger partial charge in [-0.2, -0.15) is 0 Å². The van der Waals surface area contributed by atoms with Gasteiger partial charge < -0.3 is 9.64 Å². The summed E-state index contributed by atoms with van der Waals surface area (Å²) in [7, 11) is 5.60. The van der Waals surface area contributed by atoms with E-state index in [4.69, 9.17) is 4.74 Å². The van der Waals surface area contributed by atoms with Crippen LogP contribution in [0.25, 0.3) is 0 Å². The van der Waals surface area contributed by atoms with E-state index in [0.717, 1.165) is 44.6 Å². The van der Waals surface area contributed by atoms with Crippen molar-refractivity contribution in [1.82, 2.24) is 9.80 Å². The molecule has 0 amide bonds. The van der Waals surface area contributed by atoms with E-state index in [-0.39, 0.29) is 5.97 Å². The van der Waals surface area contributed by atoms with Crippen LogP contribution in [0.3, 0.4) is 0 Å². The van der Waals surface area contributed by atoms with Gasteiger partial charge in [0.05, 0.1) is 7.11 Å². The molecular formula is C14H28N2O2. The van der Waals surface area contributed by atoms with Gasteiger partial charge in [-0.25, -0.2) is 4.79 Å². The average molecular weight is 256 g/mol. The van der Waals surface area contributed by atoms with E-state index in [2.05, 4.69) is 30.8 Å². The van der Waals surface area contributed by atoms with E-state index in [9.17, 15) is 4.79 Å². The Labute approximate surface area is 112 Å². The molecule has 0 N–H and O–H groups in total. The third-order valence-electron chi connectivity index (χ3n) is 2.95. The standard InChI is InChI=1S/C14H28N2O2/c1-6-13(14(17)18-5)9-12-16(7-2)11-8-10-15(3)4/h9H,6-8,10-12H2,1-5H3/b13-9-. The fourth-order valence-corrected chi connectivity index (χ4v) is 1.73. The van der Waals surface area contributed by atoms with E-state index in [1.807, 2.05) is 13.0 Å². The first-order valence-electron chi connectivity index (χ1n) is 6.69. The highest BCUT2D eigenvalue weighted by atomic mass is 16.5. The van der Waals surface area contributed by atoms with Crippen LogP contribution in [0.5, 0.6) is 0 Å². The Hall–Kier alpha value is -0.870. The maximum atomic E-state index is 11.4. The zero-order chi connectivity index (χ0) is 14.0. The highest BCUT2D eigenvalue weighted by Crippen LogP contribution is 2.04. The molecule has 0 aromatic heterocycles. The third-order valence-corrected chi connectivity index (χ3v) is 2.95. The number of ether oxygens (including phenoxy) is 1. The van der Waals surface area contributed by atoms with Gasteiger partial charge >= 0.3 is 5.97 Å². The van der Waals surface area contributed by atoms with Crippen molar-refractivity contribution in [2.45, 2.75) is 26.7 Å². The van der Waals surface area contributed by atoms with Crippen LogP contribution in [0, 0.1) is 0 Å². The summed E-state index contributed by atoms with van der Waals surface area (Å²) in [6.07, 6.45) is 3.86. The molecule has 0 spiro atoms. The lowest BCUT2D eigenvalue weighted by atomic mass is 10.2. The summed E-state index contributed by atoms with van der Waals surface area (Å²) in [5, 5.41) is 0. The molecule has 4 heteroatoms. The first kappa shape index (κ1) is 17.1. The van der Waals surface area contributed by atoms with Crippen molar-refractivity contribution >= 4 is 5.97 Å². The number of likely N-dealkylation sites (N-methyl/N-ethyl adjacent to an activating group) is 1. The molecule has 0 heterocycles. The maximum absolute atomic E-state index is 11.4. The summed E-state index contributed by atoms with van der Waals surface area (Å²) in [6.45, 7) is 8.10. The van der Waals surface area contributed by atoms with E-state index in [1.165, 1.54) is 7.11 Å². The van der Waals surface area contributed by atoms with E-state index < -0.39 is 0 Å². The molecule has 106 valence electrons. The molecule has 0 aromatic carbocycles. The van der Waals surface area contributed by atoms with Gasteiger partial charge in [0.15, 0.2) is 0 Å². The van der Waals surface area contributed by atoms with Crippen molar-refractivity contribution in [1.29, 1.82) is 0 Å². The molecule has 0 fully saturated rings. The third kappa shape index (κ3) is 7.45. The fourth-order valence-electron chi connectivity index (χ4n) is 1.73. The van der Waals surface area contributed by atoms with Gasteiger partial charge in [-0.1, -0.05) is 19.9 Å². The Balaban J connectivity index is 4.18. The maximum Gasteiger partial charge on any atom is 0.333 e. The Kier molecular flexibility index (Phi) is 9.60. The fraction of sp³-hybridized carbons (Fsp3) is 0.786. The first-order valence-corrected chi connectivity index (χ1v) is 6.69. The largest absolute Gasteiger partial charge is 0.466 e. The van der Waals surface area contributed by atoms with Crippen molar-refractivity contribution in [3.63, 3.8) is 0 Å². The summed E-state index contributed by atoms with van der Waals surface area (Å²) < 4.78 is 4.75. The lowest BCUT2D eigenvalue weighted by molar-refractivity contribution is -0.136. The second-order valence-electron chi connectivity index (χ2n) is 4.62. The van der Waals surface area contributed by atoms with Crippen molar-refractivity contribution in [3.8, 4) is 0 Å². The van der Waals surface area contributed by atoms with Gasteiger partial charge in [0, 0.05) is 12.1 Å². The van der Waals surface area contributed by atoms with Gasteiger partial charge in [-0.15, -0.1) is 0 Å². The lowest BCUT2D eigenvalue weighted by Crippen LogP contribution is -2.27. The average Bonchev–Trinajstić information content (AvgIpc) is 2.36. The molecule has 0 saturated carbocycles. The van der Waals surface area contributed by atoms with Crippen LogP contribution in [-0.4, -0.2) is 63.2 Å². The molecule has 0 bridgehead atoms. The number of carbonyl (C=O) groups excluding carboxylic acids is 1. The number of methoxy groups -OCH3 is 1. The molecule has 0 unspecified atom stereocenters. The van der Waals surface area contributed by atoms with Gasteiger partial charge in [0.1, 0.15) is 0 Å². The minimum atomic E-state index is -0.207. The van der Waals surface area contributed by atoms with Crippen LogP contribution >= 0.6 is 0 Å². The molecule has 0 atom stereocenters. The lowest BCUT2D eigenvalue weighted by Gasteiger charge is -2.20. The highest BCUT2D eigenvalue weighted by Gasteiger charge is 2.07. The molecule has 0 aliphatic heterocycles. The minimum absolute atomic E-state index is 0.207. The smallest absolute Gasteiger partial charge is 0.333 e. The molecule has 0 aliphatic carbocycles. The number of hydrogen-bond acceptors (Lipinski definition) is 4. The molecule has 0 radical (unpaired) electrons. The second kappa shape index (κ2) is 10.1. The van der Waals surface area contributed by atoms with Crippen LogP contribution in [0.15, 0.2) is 11.6 Å². The van der Waals surface area contributed by atoms with Crippen LogP contribution in [0.4, 0.5) is 0 Å². The summed E-state index contributed by atoms with van der Waals surface area (Å²) >= 11 is 0. The van der Waals surface area contributed by atoms with E-state index in [1.54, 1.807) is 0 Å². The summed E-state index contributed by atoms with van der Waals surface area (Å²) in [6, 6.07) is 0. The van der Waals surface area contributed by atoms with E-state index >= 15 is 0 Å². The van der Waals surface area contributed by atoms with Crippen molar-refractivity contribution < 1.29 is 9.53 Å². The molecule has 0 aliphatic rings. The van der Waals surface area contributed by atoms with Crippen molar-refractivity contribution in [2.75, 3.05) is 47.4 Å². The zero-order valence-electron chi connectivity index (χ0n) is 12.5. The van der Waals surface area contributed by atoms with Crippen LogP contribution in [-0.2, 0) is 9.53 Å². The van der Waals surface area contributed by atoms with Gasteiger partial charge in [-0.05, 0) is 46.6 Å². The van der Waals surface area contributed by atoms with E-state index in [0.29, 0.717) is 0 Å². The quantitative estimate of drug-likeness (QED) is 0.465. The molecule has 0 rings (SSSR count). The van der Waals surface area contributed by atoms with Crippen molar-refractivity contribution in [3.05, 3.63) is 11.6 Å². The Morgan fingerprint density at radius 3 is 2.33 bits per heavy atom. The highest BCUT2D eigenvalue weighted by molar-refractivity contribution is 5.88. The monoisotopic (exact) mass is 256 g/mol. The number of rotatable bonds is 9. The summed E-state index contributed by atoms with van der Waals surface area (Å²) in [5.41, 5.74) is 0.767. The Morgan fingerprint density at radius 2 is 1.89 bits per heavy atom. The van der Waals surface area contributed by atoms with Gasteiger partial charge in [-0.3, -0.25) is 4.90 Å². The van der Waals surface area contributed by atoms with Crippen molar-refractivity contribution in [2.24, 2.45) is 0 Å². The predicted molar refractivity (Wildman–Crippen MR) is 75.7 cm³/mol. The zero-order valence-corrected chi connectivity index (χ0v) is 12.5. The number of nitrogens with zero attached hydrogens (tertiary/aromatic N) is 2. The van der Waals surface area contributed by atoms with Crippen LogP contribution in [0.1, 0.15) is 26.7 Å². The molecule has 0 saturated heterocycles. The molecular weight excluding hydrogens is 228 g/mol. The SMILES string of the molecule is CC/C(=C/CN(CC)CCCN(C)C)C(=O)OC. The molecule has 4 nitrogen and oxygen atoms in total. The molecule has 18 heavy (non-hydrogen) atoms. The minimum Gasteiger partial charge on any atom is -0.466 e.